The van der Waals surface area contributed by atoms with Gasteiger partial charge in [-0.05, 0) is 54.4 Å². The highest BCUT2D eigenvalue weighted by atomic mass is 16.5. The molecular weight excluding hydrogens is 248 g/mol. The number of ketones is 1. The van der Waals surface area contributed by atoms with E-state index < -0.39 is 0 Å². The number of carbonyl (C=O) groups is 1. The van der Waals surface area contributed by atoms with Crippen molar-refractivity contribution in [2.75, 3.05) is 6.61 Å². The average molecular weight is 274 g/mol. The Kier molecular flexibility index (Phi) is 4.85. The Bertz CT molecular complexity index is 486. The van der Waals surface area contributed by atoms with E-state index in [9.17, 15) is 4.79 Å². The first-order chi connectivity index (χ1) is 9.49. The lowest BCUT2D eigenvalue weighted by Gasteiger charge is -2.18. The van der Waals surface area contributed by atoms with Gasteiger partial charge in [0.05, 0.1) is 6.61 Å². The number of Topliss-reactive ketones (excluding diaryl/α,β-unsaturated/α-hetero) is 1. The second-order valence-corrected chi connectivity index (χ2v) is 6.54. The Balaban J connectivity index is 2.42. The summed E-state index contributed by atoms with van der Waals surface area (Å²) < 4.78 is 5.95. The number of carbonyl (C=O) groups excluding carboxylic acids is 1. The molecule has 20 heavy (non-hydrogen) atoms. The fourth-order valence-corrected chi connectivity index (χ4v) is 2.75. The van der Waals surface area contributed by atoms with Crippen LogP contribution in [-0.4, -0.2) is 12.4 Å². The number of hydrogen-bond acceptors (Lipinski definition) is 2. The number of hydrogen-bond donors (Lipinski definition) is 0. The molecule has 0 bridgehead atoms. The minimum absolute atomic E-state index is 0.258. The van der Waals surface area contributed by atoms with Gasteiger partial charge in [-0.15, -0.1) is 0 Å². The molecular formula is C18H26O2. The van der Waals surface area contributed by atoms with Crippen molar-refractivity contribution in [1.29, 1.82) is 0 Å². The fraction of sp³-hybridized carbons (Fsp3) is 0.611. The normalized spacial score (nSPS) is 14.9. The molecule has 0 unspecified atom stereocenters. The summed E-state index contributed by atoms with van der Waals surface area (Å²) in [4.78, 5) is 12.4. The Morgan fingerprint density at radius 2 is 1.95 bits per heavy atom. The molecule has 0 fully saturated rings. The number of rotatable bonds is 4. The molecule has 2 rings (SSSR count). The van der Waals surface area contributed by atoms with Crippen molar-refractivity contribution >= 4 is 5.78 Å². The molecule has 2 nitrogen and oxygen atoms in total. The third kappa shape index (κ3) is 3.41. The molecule has 0 aliphatic carbocycles. The van der Waals surface area contributed by atoms with Crippen molar-refractivity contribution in [1.82, 2.24) is 0 Å². The monoisotopic (exact) mass is 274 g/mol. The molecule has 0 atom stereocenters. The van der Waals surface area contributed by atoms with Gasteiger partial charge in [0.1, 0.15) is 5.75 Å². The van der Waals surface area contributed by atoms with Crippen molar-refractivity contribution in [2.45, 2.75) is 59.3 Å². The Hall–Kier alpha value is -1.31. The standard InChI is InChI=1S/C18H26O2/c1-12(2)9-17(19)15-10-14-7-5-6-8-20-18(14)16(11-15)13(3)4/h10-13H,5-9H2,1-4H3. The number of benzene rings is 1. The van der Waals surface area contributed by atoms with Crippen LogP contribution in [0.15, 0.2) is 12.1 Å². The summed E-state index contributed by atoms with van der Waals surface area (Å²) in [5.74, 6) is 2.08. The molecule has 1 heterocycles. The van der Waals surface area contributed by atoms with E-state index >= 15 is 0 Å². The lowest BCUT2D eigenvalue weighted by molar-refractivity contribution is 0.0967. The van der Waals surface area contributed by atoms with E-state index in [0.717, 1.165) is 37.2 Å². The summed E-state index contributed by atoms with van der Waals surface area (Å²) in [6.07, 6.45) is 3.89. The summed E-state index contributed by atoms with van der Waals surface area (Å²) in [6.45, 7) is 9.31. The van der Waals surface area contributed by atoms with Crippen molar-refractivity contribution in [3.05, 3.63) is 28.8 Å². The summed E-state index contributed by atoms with van der Waals surface area (Å²) >= 11 is 0. The molecule has 0 spiro atoms. The molecule has 0 saturated heterocycles. The van der Waals surface area contributed by atoms with Gasteiger partial charge >= 0.3 is 0 Å². The maximum Gasteiger partial charge on any atom is 0.163 e. The van der Waals surface area contributed by atoms with E-state index in [2.05, 4.69) is 39.8 Å². The second kappa shape index (κ2) is 6.43. The van der Waals surface area contributed by atoms with Gasteiger partial charge in [0.15, 0.2) is 5.78 Å². The van der Waals surface area contributed by atoms with Gasteiger partial charge in [-0.25, -0.2) is 0 Å². The lowest BCUT2D eigenvalue weighted by atomic mass is 9.91. The molecule has 110 valence electrons. The first-order valence-electron chi connectivity index (χ1n) is 7.82. The zero-order valence-electron chi connectivity index (χ0n) is 13.2. The zero-order chi connectivity index (χ0) is 14.7. The molecule has 0 aromatic heterocycles. The number of fused-ring (bicyclic) bond motifs is 1. The zero-order valence-corrected chi connectivity index (χ0v) is 13.2. The fourth-order valence-electron chi connectivity index (χ4n) is 2.75. The van der Waals surface area contributed by atoms with Gasteiger partial charge in [-0.1, -0.05) is 27.7 Å². The molecule has 0 saturated carbocycles. The third-order valence-electron chi connectivity index (χ3n) is 3.82. The number of ether oxygens (including phenoxy) is 1. The largest absolute Gasteiger partial charge is 0.493 e. The molecule has 1 aromatic rings. The topological polar surface area (TPSA) is 26.3 Å². The smallest absolute Gasteiger partial charge is 0.163 e. The van der Waals surface area contributed by atoms with E-state index in [1.807, 2.05) is 0 Å². The van der Waals surface area contributed by atoms with Crippen molar-refractivity contribution < 1.29 is 9.53 Å². The van der Waals surface area contributed by atoms with E-state index in [4.69, 9.17) is 4.74 Å². The minimum Gasteiger partial charge on any atom is -0.493 e. The van der Waals surface area contributed by atoms with E-state index in [1.165, 1.54) is 11.1 Å². The van der Waals surface area contributed by atoms with Gasteiger partial charge in [-0.3, -0.25) is 4.79 Å². The van der Waals surface area contributed by atoms with E-state index in [-0.39, 0.29) is 5.78 Å². The second-order valence-electron chi connectivity index (χ2n) is 6.54. The number of aryl methyl sites for hydroxylation is 1. The highest BCUT2D eigenvalue weighted by Crippen LogP contribution is 2.35. The van der Waals surface area contributed by atoms with Crippen molar-refractivity contribution in [3.63, 3.8) is 0 Å². The summed E-state index contributed by atoms with van der Waals surface area (Å²) in [7, 11) is 0. The van der Waals surface area contributed by atoms with Crippen LogP contribution >= 0.6 is 0 Å². The highest BCUT2D eigenvalue weighted by Gasteiger charge is 2.19. The Labute approximate surface area is 122 Å². The van der Waals surface area contributed by atoms with Crippen LogP contribution in [0.5, 0.6) is 5.75 Å². The first-order valence-corrected chi connectivity index (χ1v) is 7.82. The van der Waals surface area contributed by atoms with Crippen LogP contribution in [0, 0.1) is 5.92 Å². The third-order valence-corrected chi connectivity index (χ3v) is 3.82. The molecule has 1 aliphatic heterocycles. The van der Waals surface area contributed by atoms with Crippen LogP contribution in [0.4, 0.5) is 0 Å². The molecule has 0 amide bonds. The summed E-state index contributed by atoms with van der Waals surface area (Å²) in [6, 6.07) is 4.12. The molecule has 1 aromatic carbocycles. The molecule has 0 radical (unpaired) electrons. The van der Waals surface area contributed by atoms with Crippen LogP contribution in [0.3, 0.4) is 0 Å². The van der Waals surface area contributed by atoms with Crippen LogP contribution < -0.4 is 4.74 Å². The van der Waals surface area contributed by atoms with Crippen LogP contribution in [0.25, 0.3) is 0 Å². The lowest BCUT2D eigenvalue weighted by Crippen LogP contribution is -2.08. The Morgan fingerprint density at radius 3 is 2.60 bits per heavy atom. The van der Waals surface area contributed by atoms with Crippen molar-refractivity contribution in [2.24, 2.45) is 5.92 Å². The summed E-state index contributed by atoms with van der Waals surface area (Å²) in [5.41, 5.74) is 3.28. The first kappa shape index (κ1) is 15.1. The highest BCUT2D eigenvalue weighted by molar-refractivity contribution is 5.96. The predicted molar refractivity (Wildman–Crippen MR) is 82.7 cm³/mol. The van der Waals surface area contributed by atoms with Crippen LogP contribution in [0.1, 0.15) is 74.4 Å². The maximum absolute atomic E-state index is 12.4. The summed E-state index contributed by atoms with van der Waals surface area (Å²) in [5, 5.41) is 0. The Morgan fingerprint density at radius 1 is 1.20 bits per heavy atom. The van der Waals surface area contributed by atoms with Gasteiger partial charge in [0.25, 0.3) is 0 Å². The van der Waals surface area contributed by atoms with Gasteiger partial charge in [0, 0.05) is 12.0 Å². The maximum atomic E-state index is 12.4. The quantitative estimate of drug-likeness (QED) is 0.740. The van der Waals surface area contributed by atoms with Crippen molar-refractivity contribution in [3.8, 4) is 5.75 Å². The molecule has 2 heteroatoms. The average Bonchev–Trinajstić information content (AvgIpc) is 2.61. The van der Waals surface area contributed by atoms with Crippen LogP contribution in [0.2, 0.25) is 0 Å². The molecule has 0 N–H and O–H groups in total. The van der Waals surface area contributed by atoms with E-state index in [1.54, 1.807) is 0 Å². The SMILES string of the molecule is CC(C)CC(=O)c1cc2c(c(C(C)C)c1)OCCCC2. The van der Waals surface area contributed by atoms with Gasteiger partial charge in [-0.2, -0.15) is 0 Å². The van der Waals surface area contributed by atoms with Gasteiger partial charge < -0.3 is 4.74 Å². The minimum atomic E-state index is 0.258. The van der Waals surface area contributed by atoms with Gasteiger partial charge in [0.2, 0.25) is 0 Å². The van der Waals surface area contributed by atoms with E-state index in [0.29, 0.717) is 18.3 Å². The predicted octanol–water partition coefficient (Wildman–Crippen LogP) is 4.75. The van der Waals surface area contributed by atoms with Crippen LogP contribution in [-0.2, 0) is 6.42 Å². The molecule has 1 aliphatic rings.